The van der Waals surface area contributed by atoms with Crippen molar-refractivity contribution in [2.75, 3.05) is 0 Å². The van der Waals surface area contributed by atoms with Crippen LogP contribution in [0.15, 0.2) is 84.9 Å². The summed E-state index contributed by atoms with van der Waals surface area (Å²) in [7, 11) is 0. The molecule has 0 saturated heterocycles. The Hall–Kier alpha value is -3.07. The molecule has 3 aromatic carbocycles. The fourth-order valence-electron chi connectivity index (χ4n) is 3.05. The lowest BCUT2D eigenvalue weighted by atomic mass is 9.93. The van der Waals surface area contributed by atoms with E-state index in [4.69, 9.17) is 4.74 Å². The first kappa shape index (κ1) is 18.7. The lowest BCUT2D eigenvalue weighted by molar-refractivity contribution is -0.141. The molecule has 0 aliphatic rings. The van der Waals surface area contributed by atoms with E-state index < -0.39 is 5.97 Å². The summed E-state index contributed by atoms with van der Waals surface area (Å²) in [6.07, 6.45) is 1.92. The average Bonchev–Trinajstić information content (AvgIpc) is 2.71. The third-order valence-electron chi connectivity index (χ3n) is 4.63. The summed E-state index contributed by atoms with van der Waals surface area (Å²) in [5.41, 5.74) is 3.32. The zero-order valence-electron chi connectivity index (χ0n) is 15.3. The summed E-state index contributed by atoms with van der Waals surface area (Å²) in [6.45, 7) is 0.540. The first-order valence-electron chi connectivity index (χ1n) is 9.23. The van der Waals surface area contributed by atoms with E-state index in [0.29, 0.717) is 19.4 Å². The van der Waals surface area contributed by atoms with Gasteiger partial charge in [-0.2, -0.15) is 0 Å². The maximum atomic E-state index is 11.6. The minimum atomic E-state index is -0.735. The highest BCUT2D eigenvalue weighted by atomic mass is 16.5. The van der Waals surface area contributed by atoms with Crippen molar-refractivity contribution in [3.05, 3.63) is 102 Å². The van der Waals surface area contributed by atoms with Crippen molar-refractivity contribution in [2.45, 2.75) is 25.9 Å². The normalized spacial score (nSPS) is 11.7. The molecule has 0 aliphatic heterocycles. The molecule has 0 aromatic heterocycles. The molecule has 3 aromatic rings. The van der Waals surface area contributed by atoms with Crippen molar-refractivity contribution >= 4 is 5.97 Å². The zero-order chi connectivity index (χ0) is 18.9. The molecular weight excluding hydrogens is 336 g/mol. The predicted octanol–water partition coefficient (Wildman–Crippen LogP) is 5.14. The third kappa shape index (κ3) is 6.00. The van der Waals surface area contributed by atoms with Gasteiger partial charge in [0.2, 0.25) is 0 Å². The Morgan fingerprint density at radius 3 is 1.96 bits per heavy atom. The second-order valence-electron chi connectivity index (χ2n) is 6.68. The van der Waals surface area contributed by atoms with E-state index in [1.807, 2.05) is 84.9 Å². The summed E-state index contributed by atoms with van der Waals surface area (Å²) in [6, 6.07) is 27.8. The van der Waals surface area contributed by atoms with Crippen LogP contribution in [0.5, 0.6) is 5.75 Å². The van der Waals surface area contributed by atoms with Gasteiger partial charge in [0.1, 0.15) is 12.4 Å². The molecule has 0 radical (unpaired) electrons. The molecule has 138 valence electrons. The Labute approximate surface area is 160 Å². The molecule has 0 spiro atoms. The van der Waals surface area contributed by atoms with E-state index in [0.717, 1.165) is 28.9 Å². The molecule has 0 bridgehead atoms. The number of carboxylic acids is 1. The number of benzene rings is 3. The van der Waals surface area contributed by atoms with Gasteiger partial charge in [0.25, 0.3) is 0 Å². The van der Waals surface area contributed by atoms with Gasteiger partial charge in [-0.1, -0.05) is 72.8 Å². The van der Waals surface area contributed by atoms with Crippen molar-refractivity contribution in [3.63, 3.8) is 0 Å². The molecule has 0 amide bonds. The average molecular weight is 360 g/mol. The summed E-state index contributed by atoms with van der Waals surface area (Å²) < 4.78 is 5.80. The van der Waals surface area contributed by atoms with Crippen LogP contribution in [-0.4, -0.2) is 11.1 Å². The monoisotopic (exact) mass is 360 g/mol. The number of carboxylic acid groups (broad SMARTS) is 1. The Bertz CT molecular complexity index is 827. The first-order chi connectivity index (χ1) is 13.2. The van der Waals surface area contributed by atoms with Gasteiger partial charge in [-0.05, 0) is 48.1 Å². The van der Waals surface area contributed by atoms with Crippen LogP contribution in [0.4, 0.5) is 0 Å². The standard InChI is InChI=1S/C24H24O3/c25-24(26)22(17-20-7-3-1-4-8-20)14-11-19-12-15-23(16-13-19)27-18-21-9-5-2-6-10-21/h1-10,12-13,15-16,22H,11,14,17-18H2,(H,25,26)/t22-/m0/s1. The second kappa shape index (κ2) is 9.58. The van der Waals surface area contributed by atoms with Crippen molar-refractivity contribution in [2.24, 2.45) is 5.92 Å². The lowest BCUT2D eigenvalue weighted by Crippen LogP contribution is -2.17. The van der Waals surface area contributed by atoms with Gasteiger partial charge in [0.15, 0.2) is 0 Å². The molecule has 3 heteroatoms. The van der Waals surface area contributed by atoms with Crippen LogP contribution in [0, 0.1) is 5.92 Å². The van der Waals surface area contributed by atoms with E-state index in [1.165, 1.54) is 0 Å². The number of ether oxygens (including phenoxy) is 1. The van der Waals surface area contributed by atoms with Crippen LogP contribution in [-0.2, 0) is 24.2 Å². The van der Waals surface area contributed by atoms with Gasteiger partial charge >= 0.3 is 5.97 Å². The number of hydrogen-bond acceptors (Lipinski definition) is 2. The summed E-state index contributed by atoms with van der Waals surface area (Å²) >= 11 is 0. The quantitative estimate of drug-likeness (QED) is 0.574. The highest BCUT2D eigenvalue weighted by Crippen LogP contribution is 2.19. The highest BCUT2D eigenvalue weighted by Gasteiger charge is 2.17. The minimum Gasteiger partial charge on any atom is -0.489 e. The van der Waals surface area contributed by atoms with E-state index in [2.05, 4.69) is 0 Å². The SMILES string of the molecule is O=C(O)[C@@H](CCc1ccc(OCc2ccccc2)cc1)Cc1ccccc1. The molecule has 27 heavy (non-hydrogen) atoms. The fourth-order valence-corrected chi connectivity index (χ4v) is 3.05. The predicted molar refractivity (Wildman–Crippen MR) is 107 cm³/mol. The Balaban J connectivity index is 1.51. The Morgan fingerprint density at radius 1 is 0.778 bits per heavy atom. The minimum absolute atomic E-state index is 0.374. The zero-order valence-corrected chi connectivity index (χ0v) is 15.3. The topological polar surface area (TPSA) is 46.5 Å². The molecule has 0 fully saturated rings. The lowest BCUT2D eigenvalue weighted by Gasteiger charge is -2.13. The molecular formula is C24H24O3. The van der Waals surface area contributed by atoms with Crippen LogP contribution < -0.4 is 4.74 Å². The Morgan fingerprint density at radius 2 is 1.37 bits per heavy atom. The van der Waals surface area contributed by atoms with E-state index in [9.17, 15) is 9.90 Å². The summed E-state index contributed by atoms with van der Waals surface area (Å²) in [4.78, 5) is 11.6. The van der Waals surface area contributed by atoms with Gasteiger partial charge < -0.3 is 9.84 Å². The van der Waals surface area contributed by atoms with E-state index in [1.54, 1.807) is 0 Å². The van der Waals surface area contributed by atoms with E-state index in [-0.39, 0.29) is 5.92 Å². The second-order valence-corrected chi connectivity index (χ2v) is 6.68. The van der Waals surface area contributed by atoms with Crippen molar-refractivity contribution in [1.29, 1.82) is 0 Å². The smallest absolute Gasteiger partial charge is 0.306 e. The molecule has 0 saturated carbocycles. The van der Waals surface area contributed by atoms with Crippen LogP contribution in [0.3, 0.4) is 0 Å². The van der Waals surface area contributed by atoms with Gasteiger partial charge in [-0.15, -0.1) is 0 Å². The van der Waals surface area contributed by atoms with Crippen LogP contribution >= 0.6 is 0 Å². The molecule has 3 rings (SSSR count). The molecule has 1 N–H and O–H groups in total. The maximum absolute atomic E-state index is 11.6. The number of aliphatic carboxylic acids is 1. The largest absolute Gasteiger partial charge is 0.489 e. The van der Waals surface area contributed by atoms with Crippen LogP contribution in [0.2, 0.25) is 0 Å². The number of rotatable bonds is 9. The fraction of sp³-hybridized carbons (Fsp3) is 0.208. The molecule has 1 atom stereocenters. The van der Waals surface area contributed by atoms with Crippen LogP contribution in [0.25, 0.3) is 0 Å². The molecule has 3 nitrogen and oxygen atoms in total. The van der Waals surface area contributed by atoms with Gasteiger partial charge in [0.05, 0.1) is 5.92 Å². The molecule has 0 heterocycles. The molecule has 0 aliphatic carbocycles. The van der Waals surface area contributed by atoms with E-state index >= 15 is 0 Å². The molecule has 0 unspecified atom stereocenters. The number of aryl methyl sites for hydroxylation is 1. The third-order valence-corrected chi connectivity index (χ3v) is 4.63. The van der Waals surface area contributed by atoms with Gasteiger partial charge in [0, 0.05) is 0 Å². The van der Waals surface area contributed by atoms with Crippen molar-refractivity contribution in [3.8, 4) is 5.75 Å². The van der Waals surface area contributed by atoms with Gasteiger partial charge in [-0.3, -0.25) is 4.79 Å². The maximum Gasteiger partial charge on any atom is 0.306 e. The highest BCUT2D eigenvalue weighted by molar-refractivity contribution is 5.70. The first-order valence-corrected chi connectivity index (χ1v) is 9.23. The van der Waals surface area contributed by atoms with Crippen molar-refractivity contribution in [1.82, 2.24) is 0 Å². The number of hydrogen-bond donors (Lipinski definition) is 1. The Kier molecular flexibility index (Phi) is 6.64. The van der Waals surface area contributed by atoms with Gasteiger partial charge in [-0.25, -0.2) is 0 Å². The van der Waals surface area contributed by atoms with Crippen LogP contribution in [0.1, 0.15) is 23.1 Å². The van der Waals surface area contributed by atoms with Crippen molar-refractivity contribution < 1.29 is 14.6 Å². The number of carbonyl (C=O) groups is 1. The summed E-state index contributed by atoms with van der Waals surface area (Å²) in [5, 5.41) is 9.51. The summed E-state index contributed by atoms with van der Waals surface area (Å²) in [5.74, 6) is -0.287.